The van der Waals surface area contributed by atoms with E-state index in [1.54, 1.807) is 12.1 Å². The van der Waals surface area contributed by atoms with Crippen molar-refractivity contribution in [2.24, 2.45) is 11.8 Å². The fourth-order valence-electron chi connectivity index (χ4n) is 1.85. The number of amides is 1. The summed E-state index contributed by atoms with van der Waals surface area (Å²) in [7, 11) is 1.46. The first-order valence-corrected chi connectivity index (χ1v) is 5.75. The van der Waals surface area contributed by atoms with Gasteiger partial charge in [0, 0.05) is 5.92 Å². The Morgan fingerprint density at radius 2 is 2.11 bits per heavy atom. The van der Waals surface area contributed by atoms with Gasteiger partial charge in [0.05, 0.1) is 18.4 Å². The first kappa shape index (κ1) is 12.4. The smallest absolute Gasteiger partial charge is 0.337 e. The van der Waals surface area contributed by atoms with E-state index < -0.39 is 5.97 Å². The van der Waals surface area contributed by atoms with E-state index in [0.29, 0.717) is 17.4 Å². The number of carboxylic acids is 1. The number of nitrogens with one attached hydrogen (secondary N) is 1. The number of carboxylic acid groups (broad SMARTS) is 1. The van der Waals surface area contributed by atoms with Crippen LogP contribution in [-0.4, -0.2) is 24.1 Å². The van der Waals surface area contributed by atoms with Gasteiger partial charge in [0.25, 0.3) is 0 Å². The average Bonchev–Trinajstić information content (AvgIpc) is 3.06. The molecule has 2 N–H and O–H groups in total. The van der Waals surface area contributed by atoms with Crippen LogP contribution < -0.4 is 10.1 Å². The van der Waals surface area contributed by atoms with Crippen LogP contribution in [0.15, 0.2) is 18.2 Å². The second kappa shape index (κ2) is 4.68. The first-order valence-electron chi connectivity index (χ1n) is 5.75. The molecule has 96 valence electrons. The van der Waals surface area contributed by atoms with Crippen LogP contribution in [-0.2, 0) is 4.79 Å². The summed E-state index contributed by atoms with van der Waals surface area (Å²) >= 11 is 0. The summed E-state index contributed by atoms with van der Waals surface area (Å²) in [6, 6.07) is 4.57. The van der Waals surface area contributed by atoms with Crippen molar-refractivity contribution in [3.8, 4) is 5.75 Å². The molecule has 0 spiro atoms. The van der Waals surface area contributed by atoms with Crippen LogP contribution in [0.25, 0.3) is 0 Å². The van der Waals surface area contributed by atoms with Crippen molar-refractivity contribution in [3.63, 3.8) is 0 Å². The third-order valence-electron chi connectivity index (χ3n) is 3.16. The number of methoxy groups -OCH3 is 1. The first-order chi connectivity index (χ1) is 8.52. The Balaban J connectivity index is 2.21. The highest BCUT2D eigenvalue weighted by Gasteiger charge is 2.39. The molecule has 1 aromatic carbocycles. The third-order valence-corrected chi connectivity index (χ3v) is 3.16. The van der Waals surface area contributed by atoms with E-state index in [4.69, 9.17) is 9.84 Å². The maximum absolute atomic E-state index is 11.8. The Hall–Kier alpha value is -2.04. The van der Waals surface area contributed by atoms with E-state index in [0.717, 1.165) is 6.42 Å². The van der Waals surface area contributed by atoms with Gasteiger partial charge in [-0.25, -0.2) is 4.79 Å². The highest BCUT2D eigenvalue weighted by molar-refractivity contribution is 6.02. The zero-order valence-corrected chi connectivity index (χ0v) is 10.3. The van der Waals surface area contributed by atoms with Crippen molar-refractivity contribution in [3.05, 3.63) is 23.8 Å². The molecular weight excluding hydrogens is 234 g/mol. The summed E-state index contributed by atoms with van der Waals surface area (Å²) in [5, 5.41) is 11.8. The number of carbonyl (C=O) groups is 2. The van der Waals surface area contributed by atoms with Gasteiger partial charge in [-0.05, 0) is 30.5 Å². The van der Waals surface area contributed by atoms with E-state index in [9.17, 15) is 9.59 Å². The van der Waals surface area contributed by atoms with E-state index in [1.165, 1.54) is 13.2 Å². The Morgan fingerprint density at radius 1 is 1.44 bits per heavy atom. The normalized spacial score (nSPS) is 21.2. The molecule has 5 heteroatoms. The molecule has 0 radical (unpaired) electrons. The quantitative estimate of drug-likeness (QED) is 0.855. The van der Waals surface area contributed by atoms with Gasteiger partial charge < -0.3 is 15.2 Å². The summed E-state index contributed by atoms with van der Waals surface area (Å²) in [5.41, 5.74) is 0.350. The molecule has 0 heterocycles. The van der Waals surface area contributed by atoms with Gasteiger partial charge in [0.15, 0.2) is 0 Å². The molecule has 0 saturated heterocycles. The fourth-order valence-corrected chi connectivity index (χ4v) is 1.85. The number of aromatic carboxylic acids is 1. The maximum atomic E-state index is 11.8. The van der Waals surface area contributed by atoms with Crippen molar-refractivity contribution >= 4 is 17.6 Å². The lowest BCUT2D eigenvalue weighted by Gasteiger charge is -2.09. The number of hydrogen-bond donors (Lipinski definition) is 2. The zero-order valence-electron chi connectivity index (χ0n) is 10.3. The Morgan fingerprint density at radius 3 is 2.61 bits per heavy atom. The molecule has 2 atom stereocenters. The molecule has 2 rings (SSSR count). The van der Waals surface area contributed by atoms with E-state index in [2.05, 4.69) is 5.32 Å². The van der Waals surface area contributed by atoms with Gasteiger partial charge in [0.2, 0.25) is 5.91 Å². The average molecular weight is 249 g/mol. The molecular formula is C13H15NO4. The number of anilines is 1. The number of rotatable bonds is 4. The molecule has 0 aromatic heterocycles. The molecule has 18 heavy (non-hydrogen) atoms. The number of carbonyl (C=O) groups excluding carboxylic acids is 1. The minimum Gasteiger partial charge on any atom is -0.497 e. The highest BCUT2D eigenvalue weighted by atomic mass is 16.5. The predicted octanol–water partition coefficient (Wildman–Crippen LogP) is 1.99. The summed E-state index contributed by atoms with van der Waals surface area (Å²) in [4.78, 5) is 22.9. The van der Waals surface area contributed by atoms with E-state index in [1.807, 2.05) is 6.92 Å². The largest absolute Gasteiger partial charge is 0.497 e. The SMILES string of the molecule is COc1ccc(NC(=O)C2CC2C)c(C(=O)O)c1. The lowest BCUT2D eigenvalue weighted by Crippen LogP contribution is -2.17. The Labute approximate surface area is 105 Å². The number of hydrogen-bond acceptors (Lipinski definition) is 3. The molecule has 1 saturated carbocycles. The van der Waals surface area contributed by atoms with Crippen molar-refractivity contribution < 1.29 is 19.4 Å². The number of ether oxygens (including phenoxy) is 1. The molecule has 1 aromatic rings. The van der Waals surface area contributed by atoms with Crippen LogP contribution in [0.5, 0.6) is 5.75 Å². The minimum atomic E-state index is -1.09. The van der Waals surface area contributed by atoms with Gasteiger partial charge in [-0.1, -0.05) is 6.92 Å². The lowest BCUT2D eigenvalue weighted by molar-refractivity contribution is -0.117. The summed E-state index contributed by atoms with van der Waals surface area (Å²) < 4.78 is 4.97. The van der Waals surface area contributed by atoms with Crippen molar-refractivity contribution in [2.45, 2.75) is 13.3 Å². The zero-order chi connectivity index (χ0) is 13.3. The summed E-state index contributed by atoms with van der Waals surface area (Å²) in [5.74, 6) is -0.362. The summed E-state index contributed by atoms with van der Waals surface area (Å²) in [6.07, 6.45) is 0.865. The van der Waals surface area contributed by atoms with Gasteiger partial charge in [0.1, 0.15) is 5.75 Å². The van der Waals surface area contributed by atoms with Crippen LogP contribution in [0.2, 0.25) is 0 Å². The molecule has 1 aliphatic rings. The van der Waals surface area contributed by atoms with Crippen LogP contribution in [0.4, 0.5) is 5.69 Å². The molecule has 0 aliphatic heterocycles. The second-order valence-corrected chi connectivity index (χ2v) is 4.53. The standard InChI is InChI=1S/C13H15NO4/c1-7-5-9(7)12(15)14-11-4-3-8(18-2)6-10(11)13(16)17/h3-4,6-7,9H,5H2,1-2H3,(H,14,15)(H,16,17). The van der Waals surface area contributed by atoms with E-state index >= 15 is 0 Å². The predicted molar refractivity (Wildman–Crippen MR) is 65.9 cm³/mol. The van der Waals surface area contributed by atoms with Crippen LogP contribution in [0.1, 0.15) is 23.7 Å². The molecule has 5 nitrogen and oxygen atoms in total. The summed E-state index contributed by atoms with van der Waals surface area (Å²) in [6.45, 7) is 2.00. The topological polar surface area (TPSA) is 75.6 Å². The molecule has 0 bridgehead atoms. The van der Waals surface area contributed by atoms with Crippen molar-refractivity contribution in [1.82, 2.24) is 0 Å². The van der Waals surface area contributed by atoms with Crippen LogP contribution >= 0.6 is 0 Å². The van der Waals surface area contributed by atoms with Gasteiger partial charge in [-0.3, -0.25) is 4.79 Å². The van der Waals surface area contributed by atoms with Crippen molar-refractivity contribution in [2.75, 3.05) is 12.4 Å². The number of benzene rings is 1. The lowest BCUT2D eigenvalue weighted by atomic mass is 10.1. The third kappa shape index (κ3) is 2.45. The highest BCUT2D eigenvalue weighted by Crippen LogP contribution is 2.38. The Bertz CT molecular complexity index is 498. The van der Waals surface area contributed by atoms with Crippen molar-refractivity contribution in [1.29, 1.82) is 0 Å². The Kier molecular flexibility index (Phi) is 3.23. The maximum Gasteiger partial charge on any atom is 0.337 e. The molecule has 1 aliphatic carbocycles. The molecule has 1 amide bonds. The minimum absolute atomic E-state index is 0.00810. The molecule has 2 unspecified atom stereocenters. The van der Waals surface area contributed by atoms with Crippen LogP contribution in [0, 0.1) is 11.8 Å². The van der Waals surface area contributed by atoms with Gasteiger partial charge in [-0.15, -0.1) is 0 Å². The monoisotopic (exact) mass is 249 g/mol. The van der Waals surface area contributed by atoms with E-state index in [-0.39, 0.29) is 17.4 Å². The van der Waals surface area contributed by atoms with Gasteiger partial charge in [-0.2, -0.15) is 0 Å². The fraction of sp³-hybridized carbons (Fsp3) is 0.385. The molecule has 1 fully saturated rings. The second-order valence-electron chi connectivity index (χ2n) is 4.53. The van der Waals surface area contributed by atoms with Crippen LogP contribution in [0.3, 0.4) is 0 Å². The van der Waals surface area contributed by atoms with Gasteiger partial charge >= 0.3 is 5.97 Å².